The molecule has 1 aromatic carbocycles. The Morgan fingerprint density at radius 1 is 0.784 bits per heavy atom. The number of aryl methyl sites for hydroxylation is 8. The number of anilines is 2. The second kappa shape index (κ2) is 39.4. The molecule has 13 aromatic rings. The number of carbonyl (C=O) groups excluding carboxylic acids is 3. The van der Waals surface area contributed by atoms with Gasteiger partial charge in [-0.25, -0.2) is 39.4 Å². The van der Waals surface area contributed by atoms with Gasteiger partial charge in [-0.1, -0.05) is 72.1 Å². The number of aliphatic hydroxyl groups is 1. The summed E-state index contributed by atoms with van der Waals surface area (Å²) >= 11 is 9.81. The largest absolute Gasteiger partial charge is 0.451 e. The Hall–Kier alpha value is -9.85. The number of piperidine rings is 1. The van der Waals surface area contributed by atoms with Crippen LogP contribution in [0.15, 0.2) is 137 Å². The van der Waals surface area contributed by atoms with Gasteiger partial charge in [0.1, 0.15) is 38.1 Å². The third-order valence-corrected chi connectivity index (χ3v) is 23.8. The number of aliphatic hydroxyl groups excluding tert-OH is 1. The second-order valence-corrected chi connectivity index (χ2v) is 33.3. The number of benzene rings is 1. The van der Waals surface area contributed by atoms with E-state index in [9.17, 15) is 24.3 Å². The molecule has 111 heavy (non-hydrogen) atoms. The van der Waals surface area contributed by atoms with Crippen molar-refractivity contribution in [3.63, 3.8) is 0 Å². The molecule has 0 spiro atoms. The van der Waals surface area contributed by atoms with E-state index in [-0.39, 0.29) is 47.4 Å². The minimum atomic E-state index is -0.317. The number of rotatable bonds is 23. The van der Waals surface area contributed by atoms with E-state index in [1.807, 2.05) is 92.9 Å². The van der Waals surface area contributed by atoms with Crippen LogP contribution in [-0.2, 0) is 53.6 Å². The lowest BCUT2D eigenvalue weighted by atomic mass is 9.99. The Kier molecular flexibility index (Phi) is 28.6. The zero-order valence-corrected chi connectivity index (χ0v) is 67.7. The number of furan rings is 1. The van der Waals surface area contributed by atoms with Crippen LogP contribution >= 0.6 is 68.9 Å². The van der Waals surface area contributed by atoms with E-state index in [4.69, 9.17) is 18.7 Å². The molecular formula is C76H87N21O8S6. The van der Waals surface area contributed by atoms with Gasteiger partial charge in [0.25, 0.3) is 5.91 Å². The molecule has 3 aliphatic rings. The van der Waals surface area contributed by atoms with E-state index in [2.05, 4.69) is 100 Å². The molecule has 16 rings (SSSR count). The maximum Gasteiger partial charge on any atom is 0.348 e. The van der Waals surface area contributed by atoms with E-state index in [1.54, 1.807) is 146 Å². The molecule has 3 atom stereocenters. The Morgan fingerprint density at radius 2 is 1.56 bits per heavy atom. The summed E-state index contributed by atoms with van der Waals surface area (Å²) in [5.41, 5.74) is 7.98. The van der Waals surface area contributed by atoms with Crippen LogP contribution in [0.2, 0.25) is 0 Å². The van der Waals surface area contributed by atoms with Crippen molar-refractivity contribution >= 4 is 120 Å². The number of pyridine rings is 3. The number of thioether (sulfide) groups is 2. The number of carbonyl (C=O) groups is 3. The van der Waals surface area contributed by atoms with Gasteiger partial charge in [0.15, 0.2) is 27.3 Å². The third kappa shape index (κ3) is 21.8. The van der Waals surface area contributed by atoms with Gasteiger partial charge in [0.05, 0.1) is 94.8 Å². The number of nitrogens with one attached hydrogen (secondary N) is 4. The third-order valence-electron chi connectivity index (χ3n) is 18.0. The van der Waals surface area contributed by atoms with Crippen molar-refractivity contribution in [3.8, 4) is 28.4 Å². The molecule has 15 heterocycles. The maximum atomic E-state index is 12.5. The minimum Gasteiger partial charge on any atom is -0.451 e. The molecule has 3 amide bonds. The van der Waals surface area contributed by atoms with E-state index in [1.165, 1.54) is 4.88 Å². The highest BCUT2D eigenvalue weighted by Gasteiger charge is 2.42. The molecule has 0 saturated carbocycles. The molecule has 5 N–H and O–H groups in total. The zero-order valence-electron chi connectivity index (χ0n) is 62.8. The Bertz CT molecular complexity index is 5220. The summed E-state index contributed by atoms with van der Waals surface area (Å²) in [5, 5.41) is 50.6. The smallest absolute Gasteiger partial charge is 0.348 e. The first-order chi connectivity index (χ1) is 53.9. The van der Waals surface area contributed by atoms with Gasteiger partial charge < -0.3 is 39.6 Å². The molecule has 2 bridgehead atoms. The molecule has 0 aliphatic carbocycles. The first kappa shape index (κ1) is 80.7. The number of fused-ring (bicyclic) bond motifs is 4. The highest BCUT2D eigenvalue weighted by atomic mass is 32.2. The van der Waals surface area contributed by atoms with Crippen LogP contribution in [0.25, 0.3) is 50.3 Å². The number of aromatic amines is 1. The summed E-state index contributed by atoms with van der Waals surface area (Å²) in [6.07, 6.45) is 17.0. The number of amides is 3. The number of hydrogen-bond acceptors (Lipinski definition) is 29. The number of thiazole rings is 3. The minimum absolute atomic E-state index is 0.0133. The molecule has 12 aromatic heterocycles. The van der Waals surface area contributed by atoms with Crippen LogP contribution in [0.1, 0.15) is 111 Å². The number of para-hydroxylation sites is 1. The molecular weight excluding hydrogens is 1530 g/mol. The molecule has 580 valence electrons. The fourth-order valence-corrected chi connectivity index (χ4v) is 18.0. The number of aromatic nitrogens is 16. The fraction of sp³-hybridized carbons (Fsp3) is 0.382. The maximum absolute atomic E-state index is 12.5. The van der Waals surface area contributed by atoms with Crippen molar-refractivity contribution in [3.05, 3.63) is 185 Å². The normalized spacial score (nSPS) is 15.2. The summed E-state index contributed by atoms with van der Waals surface area (Å²) in [7, 11) is 1.88. The van der Waals surface area contributed by atoms with Crippen molar-refractivity contribution in [2.75, 3.05) is 61.5 Å². The number of hydrogen-bond donors (Lipinski definition) is 5. The summed E-state index contributed by atoms with van der Waals surface area (Å²) in [6.45, 7) is 19.6. The Morgan fingerprint density at radius 3 is 2.28 bits per heavy atom. The summed E-state index contributed by atoms with van der Waals surface area (Å²) in [5.74, 6) is 5.28. The molecule has 29 nitrogen and oxygen atoms in total. The summed E-state index contributed by atoms with van der Waals surface area (Å²) < 4.78 is 21.6. The first-order valence-electron chi connectivity index (χ1n) is 36.4. The molecule has 0 radical (unpaired) electrons. The van der Waals surface area contributed by atoms with Gasteiger partial charge in [-0.2, -0.15) is 10.2 Å². The molecule has 1 unspecified atom stereocenters. The lowest BCUT2D eigenvalue weighted by Crippen LogP contribution is -2.48. The second-order valence-electron chi connectivity index (χ2n) is 26.0. The van der Waals surface area contributed by atoms with Crippen LogP contribution in [-0.4, -0.2) is 181 Å². The van der Waals surface area contributed by atoms with Crippen molar-refractivity contribution in [1.82, 2.24) is 94.9 Å². The average molecular weight is 1620 g/mol. The Balaban J connectivity index is 0.000000130. The molecule has 35 heteroatoms. The van der Waals surface area contributed by atoms with Gasteiger partial charge in [-0.05, 0) is 134 Å². The highest BCUT2D eigenvalue weighted by molar-refractivity contribution is 8.01. The SMILES string of the molecule is CCSc1nc(CC(=O)N2[C@@H]3CC[C@H]2CC(O)C3)cs1.CCc1nc(C)sc1CNc1nc(-c2cccnc2)nc2c1cnn2C.Cc1nc(CC(=O)NCCSc2nnc(C)s2)cs1.Cc1noc(C)c1-n1c(CCCN2CCOCC2)n[nH]c1=O.O=C(Nc1cccnc1)c1ccc(-c2cccc3cccnc23)o1. The molecule has 3 saturated heterocycles. The lowest BCUT2D eigenvalue weighted by molar-refractivity contribution is -0.136. The highest BCUT2D eigenvalue weighted by Crippen LogP contribution is 2.37. The van der Waals surface area contributed by atoms with Gasteiger partial charge in [-0.15, -0.1) is 44.2 Å². The lowest BCUT2D eigenvalue weighted by Gasteiger charge is -2.37. The van der Waals surface area contributed by atoms with Crippen LogP contribution in [0.5, 0.6) is 0 Å². The number of nitrogens with zero attached hydrogens (tertiary/aromatic N) is 17. The fourth-order valence-electron chi connectivity index (χ4n) is 13.0. The van der Waals surface area contributed by atoms with E-state index in [0.29, 0.717) is 66.2 Å². The topological polar surface area (TPSA) is 360 Å². The van der Waals surface area contributed by atoms with E-state index in [0.717, 1.165) is 169 Å². The van der Waals surface area contributed by atoms with Gasteiger partial charge >= 0.3 is 5.69 Å². The van der Waals surface area contributed by atoms with Gasteiger partial charge in [0.2, 0.25) is 11.8 Å². The average Bonchev–Trinajstić information content (AvgIpc) is 1.71. The summed E-state index contributed by atoms with van der Waals surface area (Å²) in [4.78, 5) is 89.4. The predicted octanol–water partition coefficient (Wildman–Crippen LogP) is 12.3. The number of H-pyrrole nitrogens is 1. The van der Waals surface area contributed by atoms with Crippen molar-refractivity contribution in [2.45, 2.75) is 140 Å². The van der Waals surface area contributed by atoms with E-state index >= 15 is 0 Å². The van der Waals surface area contributed by atoms with Gasteiger partial charge in [0, 0.05) is 108 Å². The van der Waals surface area contributed by atoms with Crippen molar-refractivity contribution in [2.24, 2.45) is 7.05 Å². The standard InChI is InChI=1S/C19H13N3O2.C18H19N7S.C14H21N5O3.C14H20N2O2S2.C11H14N4OS3/c23-19(22-14-6-3-10-20-12-14)17-9-8-16(24-17)15-7-1-4-13-5-2-11-21-18(13)15;1-4-14-15(26-11(2)22-14)10-20-17-13-9-21-25(3)18(13)24-16(23-17)12-6-5-7-19-8-12;1-10-13(11(2)22-17-10)19-12(15-16-14(19)20)4-3-5-18-6-8-21-9-7-18;1-2-19-14-15-9(8-20-14)5-13(18)16-10-3-4-11(16)7-12(17)6-10;1-7-13-9(6-18-7)5-10(16)12-3-4-17-11-15-14-8(2)19-11/h1-12H,(H,22,23);5-9H,4,10H2,1-3H3,(H,20,23,24);3-9H2,1-2H3,(H,16,20);8,10-12,17H,2-7H2,1H3;6H,3-5H2,1-2H3,(H,12,16)/t;;;10-,11+,12?;. The quantitative estimate of drug-likeness (QED) is 0.0293. The van der Waals surface area contributed by atoms with Crippen LogP contribution in [0, 0.1) is 34.6 Å². The molecule has 3 fully saturated rings. The number of morpholine rings is 1. The van der Waals surface area contributed by atoms with E-state index < -0.39 is 0 Å². The summed E-state index contributed by atoms with van der Waals surface area (Å²) in [6, 6.07) is 21.0. The predicted molar refractivity (Wildman–Crippen MR) is 434 cm³/mol. The number of ether oxygens (including phenoxy) is 1. The Labute approximate surface area is 665 Å². The van der Waals surface area contributed by atoms with Crippen molar-refractivity contribution < 1.29 is 33.2 Å². The zero-order chi connectivity index (χ0) is 77.8. The first-order valence-corrected chi connectivity index (χ1v) is 41.8. The van der Waals surface area contributed by atoms with Crippen LogP contribution in [0.4, 0.5) is 11.5 Å². The van der Waals surface area contributed by atoms with Crippen LogP contribution in [0.3, 0.4) is 0 Å². The van der Waals surface area contributed by atoms with Crippen LogP contribution < -0.4 is 21.6 Å². The van der Waals surface area contributed by atoms with Gasteiger partial charge in [-0.3, -0.25) is 38.9 Å². The molecule has 3 aliphatic heterocycles. The van der Waals surface area contributed by atoms with Crippen molar-refractivity contribution in [1.29, 1.82) is 0 Å². The monoisotopic (exact) mass is 1610 g/mol.